The lowest BCUT2D eigenvalue weighted by molar-refractivity contribution is 0.391. The molecular formula is C19H27N3O2S. The molecule has 1 saturated carbocycles. The number of nitrogens with one attached hydrogen (secondary N) is 1. The van der Waals surface area contributed by atoms with Crippen LogP contribution in [0.3, 0.4) is 0 Å². The summed E-state index contributed by atoms with van der Waals surface area (Å²) in [5.41, 5.74) is 2.03. The molecule has 0 unspecified atom stereocenters. The minimum atomic E-state index is -3.25. The molecule has 1 aliphatic carbocycles. The molecule has 6 heteroatoms. The molecule has 0 atom stereocenters. The molecule has 2 heterocycles. The van der Waals surface area contributed by atoms with Crippen LogP contribution in [0.4, 0.5) is 0 Å². The summed E-state index contributed by atoms with van der Waals surface area (Å²) in [6, 6.07) is 5.50. The maximum Gasteiger partial charge on any atom is 0.183 e. The Labute approximate surface area is 149 Å². The van der Waals surface area contributed by atoms with Gasteiger partial charge in [0, 0.05) is 26.1 Å². The number of benzene rings is 1. The van der Waals surface area contributed by atoms with E-state index in [2.05, 4.69) is 30.7 Å². The molecule has 0 amide bonds. The molecule has 25 heavy (non-hydrogen) atoms. The van der Waals surface area contributed by atoms with Crippen molar-refractivity contribution in [2.45, 2.75) is 56.7 Å². The molecule has 1 aliphatic heterocycles. The Hall–Kier alpha value is -1.40. The molecule has 2 aromatic rings. The fourth-order valence-corrected chi connectivity index (χ4v) is 4.98. The quantitative estimate of drug-likeness (QED) is 0.889. The zero-order chi connectivity index (χ0) is 17.8. The maximum atomic E-state index is 12.7. The van der Waals surface area contributed by atoms with Gasteiger partial charge in [0.25, 0.3) is 0 Å². The van der Waals surface area contributed by atoms with Crippen molar-refractivity contribution in [3.8, 4) is 0 Å². The van der Waals surface area contributed by atoms with E-state index in [1.54, 1.807) is 12.1 Å². The molecule has 2 aliphatic rings. The molecule has 1 aromatic carbocycles. The van der Waals surface area contributed by atoms with Crippen molar-refractivity contribution in [2.24, 2.45) is 11.3 Å². The highest BCUT2D eigenvalue weighted by Gasteiger charge is 2.33. The molecule has 136 valence electrons. The minimum Gasteiger partial charge on any atom is -0.328 e. The van der Waals surface area contributed by atoms with E-state index < -0.39 is 9.84 Å². The first-order valence-electron chi connectivity index (χ1n) is 9.18. The van der Waals surface area contributed by atoms with E-state index in [9.17, 15) is 8.42 Å². The van der Waals surface area contributed by atoms with Crippen molar-refractivity contribution in [3.05, 3.63) is 24.0 Å². The van der Waals surface area contributed by atoms with Crippen molar-refractivity contribution >= 4 is 20.9 Å². The van der Waals surface area contributed by atoms with Crippen molar-refractivity contribution in [1.82, 2.24) is 14.9 Å². The minimum absolute atomic E-state index is 0.148. The third-order valence-corrected chi connectivity index (χ3v) is 7.26. The number of hydrogen-bond donors (Lipinski definition) is 1. The van der Waals surface area contributed by atoms with Gasteiger partial charge in [-0.15, -0.1) is 0 Å². The van der Waals surface area contributed by atoms with Gasteiger partial charge in [0.2, 0.25) is 0 Å². The number of nitrogens with zero attached hydrogens (tertiary/aromatic N) is 2. The Kier molecular flexibility index (Phi) is 3.96. The fraction of sp³-hybridized carbons (Fsp3) is 0.632. The third kappa shape index (κ3) is 3.34. The predicted molar refractivity (Wildman–Crippen MR) is 99.5 cm³/mol. The van der Waals surface area contributed by atoms with Crippen LogP contribution in [0.5, 0.6) is 0 Å². The molecule has 1 aromatic heterocycles. The second kappa shape index (κ2) is 5.81. The van der Waals surface area contributed by atoms with Gasteiger partial charge >= 0.3 is 0 Å². The molecule has 2 fully saturated rings. The summed E-state index contributed by atoms with van der Waals surface area (Å²) in [7, 11) is -3.25. The molecule has 4 rings (SSSR count). The van der Waals surface area contributed by atoms with E-state index in [0.29, 0.717) is 18.0 Å². The fourth-order valence-electron chi connectivity index (χ4n) is 3.38. The van der Waals surface area contributed by atoms with Gasteiger partial charge in [-0.3, -0.25) is 0 Å². The van der Waals surface area contributed by atoms with Crippen LogP contribution < -0.4 is 5.32 Å². The normalized spacial score (nSPS) is 19.3. The van der Waals surface area contributed by atoms with Crippen LogP contribution in [0.25, 0.3) is 11.0 Å². The van der Waals surface area contributed by atoms with Crippen LogP contribution in [0.1, 0.15) is 39.4 Å². The standard InChI is InChI=1S/C19H27N3O2S/c1-19(2,3)9-18-21-16-8-14(25(23,24)15-10-20-11-15)6-7-17(16)22(18)12-13-4-5-13/h6-8,13,15,20H,4-5,9-12H2,1-3H3. The SMILES string of the molecule is CC(C)(C)Cc1nc2cc(S(=O)(=O)C3CNC3)ccc2n1CC1CC1. The van der Waals surface area contributed by atoms with Gasteiger partial charge in [0.1, 0.15) is 5.82 Å². The van der Waals surface area contributed by atoms with E-state index in [0.717, 1.165) is 35.7 Å². The summed E-state index contributed by atoms with van der Waals surface area (Å²) in [5, 5.41) is 2.74. The van der Waals surface area contributed by atoms with Gasteiger partial charge in [-0.2, -0.15) is 0 Å². The highest BCUT2D eigenvalue weighted by Crippen LogP contribution is 2.34. The lowest BCUT2D eigenvalue weighted by Crippen LogP contribution is -2.51. The highest BCUT2D eigenvalue weighted by atomic mass is 32.2. The average Bonchev–Trinajstić information content (AvgIpc) is 3.18. The van der Waals surface area contributed by atoms with Gasteiger partial charge in [0.05, 0.1) is 21.2 Å². The number of aromatic nitrogens is 2. The molecule has 5 nitrogen and oxygen atoms in total. The molecular weight excluding hydrogens is 334 g/mol. The third-order valence-electron chi connectivity index (χ3n) is 5.14. The first-order chi connectivity index (χ1) is 11.7. The number of sulfone groups is 1. The zero-order valence-corrected chi connectivity index (χ0v) is 16.1. The van der Waals surface area contributed by atoms with E-state index in [4.69, 9.17) is 4.98 Å². The van der Waals surface area contributed by atoms with Crippen molar-refractivity contribution in [3.63, 3.8) is 0 Å². The van der Waals surface area contributed by atoms with Crippen LogP contribution in [-0.4, -0.2) is 36.3 Å². The molecule has 0 radical (unpaired) electrons. The number of rotatable bonds is 5. The maximum absolute atomic E-state index is 12.7. The van der Waals surface area contributed by atoms with Crippen molar-refractivity contribution < 1.29 is 8.42 Å². The Balaban J connectivity index is 1.77. The van der Waals surface area contributed by atoms with Crippen LogP contribution in [0, 0.1) is 11.3 Å². The Morgan fingerprint density at radius 2 is 1.96 bits per heavy atom. The molecule has 0 spiro atoms. The second-order valence-corrected chi connectivity index (χ2v) is 11.0. The Bertz CT molecular complexity index is 901. The van der Waals surface area contributed by atoms with Crippen LogP contribution >= 0.6 is 0 Å². The lowest BCUT2D eigenvalue weighted by Gasteiger charge is -2.26. The second-order valence-electron chi connectivity index (χ2n) is 8.80. The number of fused-ring (bicyclic) bond motifs is 1. The van der Waals surface area contributed by atoms with Crippen LogP contribution in [-0.2, 0) is 22.8 Å². The zero-order valence-electron chi connectivity index (χ0n) is 15.2. The van der Waals surface area contributed by atoms with E-state index >= 15 is 0 Å². The van der Waals surface area contributed by atoms with Gasteiger partial charge in [0.15, 0.2) is 9.84 Å². The monoisotopic (exact) mass is 361 g/mol. The van der Waals surface area contributed by atoms with Gasteiger partial charge in [-0.1, -0.05) is 20.8 Å². The number of imidazole rings is 1. The summed E-state index contributed by atoms with van der Waals surface area (Å²) in [4.78, 5) is 5.25. The first-order valence-corrected chi connectivity index (χ1v) is 10.7. The number of hydrogen-bond acceptors (Lipinski definition) is 4. The van der Waals surface area contributed by atoms with E-state index in [1.165, 1.54) is 12.8 Å². The summed E-state index contributed by atoms with van der Waals surface area (Å²) < 4.78 is 27.7. The van der Waals surface area contributed by atoms with E-state index in [-0.39, 0.29) is 10.7 Å². The first kappa shape index (κ1) is 17.0. The van der Waals surface area contributed by atoms with Gasteiger partial charge in [-0.05, 0) is 42.4 Å². The Morgan fingerprint density at radius 3 is 2.52 bits per heavy atom. The molecule has 0 bridgehead atoms. The predicted octanol–water partition coefficient (Wildman–Crippen LogP) is 2.78. The summed E-state index contributed by atoms with van der Waals surface area (Å²) in [6.07, 6.45) is 3.47. The lowest BCUT2D eigenvalue weighted by atomic mass is 9.92. The van der Waals surface area contributed by atoms with E-state index in [1.807, 2.05) is 6.07 Å². The van der Waals surface area contributed by atoms with Crippen LogP contribution in [0.2, 0.25) is 0 Å². The summed E-state index contributed by atoms with van der Waals surface area (Å²) in [5.74, 6) is 1.83. The topological polar surface area (TPSA) is 64.0 Å². The largest absolute Gasteiger partial charge is 0.328 e. The smallest absolute Gasteiger partial charge is 0.183 e. The Morgan fingerprint density at radius 1 is 1.24 bits per heavy atom. The summed E-state index contributed by atoms with van der Waals surface area (Å²) in [6.45, 7) is 8.74. The molecule has 1 N–H and O–H groups in total. The van der Waals surface area contributed by atoms with Gasteiger partial charge < -0.3 is 9.88 Å². The highest BCUT2D eigenvalue weighted by molar-refractivity contribution is 7.92. The van der Waals surface area contributed by atoms with Crippen LogP contribution in [0.15, 0.2) is 23.1 Å². The summed E-state index contributed by atoms with van der Waals surface area (Å²) >= 11 is 0. The van der Waals surface area contributed by atoms with Gasteiger partial charge in [-0.25, -0.2) is 13.4 Å². The molecule has 1 saturated heterocycles. The van der Waals surface area contributed by atoms with Crippen molar-refractivity contribution in [1.29, 1.82) is 0 Å². The van der Waals surface area contributed by atoms with Crippen molar-refractivity contribution in [2.75, 3.05) is 13.1 Å². The average molecular weight is 362 g/mol.